The van der Waals surface area contributed by atoms with Crippen LogP contribution in [-0.2, 0) is 17.9 Å². The fourth-order valence-corrected chi connectivity index (χ4v) is 5.46. The van der Waals surface area contributed by atoms with Gasteiger partial charge in [0, 0.05) is 36.4 Å². The molecule has 4 aromatic carbocycles. The number of aliphatic hydroxyl groups is 1. The second kappa shape index (κ2) is 10.1. The Kier molecular flexibility index (Phi) is 6.53. The highest BCUT2D eigenvalue weighted by atomic mass is 35.5. The Labute approximate surface area is 219 Å². The van der Waals surface area contributed by atoms with E-state index in [4.69, 9.17) is 16.3 Å². The molecule has 37 heavy (non-hydrogen) atoms. The number of aliphatic hydroxyl groups excluding tert-OH is 1. The van der Waals surface area contributed by atoms with Crippen molar-refractivity contribution in [3.8, 4) is 22.3 Å². The average molecular weight is 511 g/mol. The molecule has 0 saturated carbocycles. The summed E-state index contributed by atoms with van der Waals surface area (Å²) < 4.78 is 5.45. The molecular weight excluding hydrogens is 484 g/mol. The second-order valence-electron chi connectivity index (χ2n) is 9.50. The molecule has 0 unspecified atom stereocenters. The Bertz CT molecular complexity index is 1650. The summed E-state index contributed by atoms with van der Waals surface area (Å²) >= 11 is 6.26. The van der Waals surface area contributed by atoms with Crippen molar-refractivity contribution in [1.29, 1.82) is 0 Å². The highest BCUT2D eigenvalue weighted by molar-refractivity contribution is 6.31. The van der Waals surface area contributed by atoms with Crippen LogP contribution >= 0.6 is 11.6 Å². The minimum Gasteiger partial charge on any atom is -0.392 e. The third-order valence-corrected chi connectivity index (χ3v) is 7.43. The Hall–Kier alpha value is -3.48. The molecular formula is C31H27ClN2O3. The molecule has 1 saturated heterocycles. The van der Waals surface area contributed by atoms with E-state index in [2.05, 4.69) is 46.3 Å². The van der Waals surface area contributed by atoms with Crippen LogP contribution in [0.25, 0.3) is 43.8 Å². The molecule has 0 radical (unpaired) electrons. The van der Waals surface area contributed by atoms with E-state index in [0.717, 1.165) is 76.8 Å². The minimum absolute atomic E-state index is 0.121. The monoisotopic (exact) mass is 510 g/mol. The van der Waals surface area contributed by atoms with Crippen molar-refractivity contribution >= 4 is 33.1 Å². The van der Waals surface area contributed by atoms with Crippen LogP contribution in [0.2, 0.25) is 5.02 Å². The fourth-order valence-electron chi connectivity index (χ4n) is 5.27. The lowest BCUT2D eigenvalue weighted by molar-refractivity contribution is 0.0342. The first kappa shape index (κ1) is 23.9. The number of benzene rings is 4. The van der Waals surface area contributed by atoms with Crippen LogP contribution in [0.4, 0.5) is 0 Å². The lowest BCUT2D eigenvalue weighted by atomic mass is 9.91. The maximum absolute atomic E-state index is 13.2. The lowest BCUT2D eigenvalue weighted by Crippen LogP contribution is -2.35. The van der Waals surface area contributed by atoms with E-state index in [1.54, 1.807) is 6.20 Å². The standard InChI is InChI=1S/C31H27ClN2O3/c32-25-3-1-2-23(14-25)29-17-33-31(36)30-27-15-22(8-9-26(27)24(19-35)16-28(29)30)21-6-4-20(5-7-21)18-34-10-12-37-13-11-34/h1-9,14-17,35H,10-13,18-19H2,(H,33,36). The quantitative estimate of drug-likeness (QED) is 0.285. The number of aromatic amines is 1. The van der Waals surface area contributed by atoms with Crippen molar-refractivity contribution in [2.45, 2.75) is 13.2 Å². The van der Waals surface area contributed by atoms with Gasteiger partial charge in [0.15, 0.2) is 0 Å². The first-order chi connectivity index (χ1) is 18.1. The van der Waals surface area contributed by atoms with Crippen LogP contribution in [-0.4, -0.2) is 41.3 Å². The Morgan fingerprint density at radius 1 is 0.865 bits per heavy atom. The van der Waals surface area contributed by atoms with Crippen molar-refractivity contribution in [2.75, 3.05) is 26.3 Å². The molecule has 5 aromatic rings. The molecule has 2 heterocycles. The highest BCUT2D eigenvalue weighted by Crippen LogP contribution is 2.36. The van der Waals surface area contributed by atoms with Gasteiger partial charge in [0.2, 0.25) is 0 Å². The highest BCUT2D eigenvalue weighted by Gasteiger charge is 2.15. The largest absolute Gasteiger partial charge is 0.392 e. The number of pyridine rings is 1. The first-order valence-electron chi connectivity index (χ1n) is 12.5. The normalized spacial score (nSPS) is 14.4. The van der Waals surface area contributed by atoms with Gasteiger partial charge in [0.05, 0.1) is 25.2 Å². The van der Waals surface area contributed by atoms with Crippen LogP contribution in [0.15, 0.2) is 83.8 Å². The number of nitrogens with one attached hydrogen (secondary N) is 1. The number of hydrogen-bond acceptors (Lipinski definition) is 4. The van der Waals surface area contributed by atoms with Crippen LogP contribution in [0.5, 0.6) is 0 Å². The summed E-state index contributed by atoms with van der Waals surface area (Å²) in [6.45, 7) is 4.28. The molecule has 0 atom stereocenters. The van der Waals surface area contributed by atoms with Crippen molar-refractivity contribution in [3.63, 3.8) is 0 Å². The van der Waals surface area contributed by atoms with Gasteiger partial charge in [0.1, 0.15) is 0 Å². The summed E-state index contributed by atoms with van der Waals surface area (Å²) in [6, 6.07) is 24.2. The summed E-state index contributed by atoms with van der Waals surface area (Å²) in [4.78, 5) is 18.5. The van der Waals surface area contributed by atoms with Gasteiger partial charge in [-0.25, -0.2) is 0 Å². The second-order valence-corrected chi connectivity index (χ2v) is 9.94. The molecule has 1 aromatic heterocycles. The average Bonchev–Trinajstić information content (AvgIpc) is 2.93. The van der Waals surface area contributed by atoms with Crippen molar-refractivity contribution in [3.05, 3.63) is 105 Å². The molecule has 1 aliphatic rings. The number of halogens is 1. The van der Waals surface area contributed by atoms with Gasteiger partial charge in [-0.05, 0) is 68.2 Å². The molecule has 6 heteroatoms. The molecule has 0 aliphatic carbocycles. The zero-order valence-corrected chi connectivity index (χ0v) is 21.1. The van der Waals surface area contributed by atoms with Crippen LogP contribution in [0.1, 0.15) is 11.1 Å². The Morgan fingerprint density at radius 3 is 2.41 bits per heavy atom. The first-order valence-corrected chi connectivity index (χ1v) is 12.9. The van der Waals surface area contributed by atoms with Crippen LogP contribution in [0, 0.1) is 0 Å². The Morgan fingerprint density at radius 2 is 1.65 bits per heavy atom. The molecule has 186 valence electrons. The number of rotatable bonds is 5. The van der Waals surface area contributed by atoms with Gasteiger partial charge in [-0.15, -0.1) is 0 Å². The zero-order valence-electron chi connectivity index (χ0n) is 20.3. The molecule has 2 N–H and O–H groups in total. The van der Waals surface area contributed by atoms with Gasteiger partial charge in [-0.1, -0.05) is 60.1 Å². The van der Waals surface area contributed by atoms with Crippen molar-refractivity contribution in [1.82, 2.24) is 9.88 Å². The topological polar surface area (TPSA) is 65.6 Å². The van der Waals surface area contributed by atoms with E-state index in [9.17, 15) is 9.90 Å². The Balaban J connectivity index is 1.47. The smallest absolute Gasteiger partial charge is 0.256 e. The summed E-state index contributed by atoms with van der Waals surface area (Å²) in [5.41, 5.74) is 5.77. The number of morpholine rings is 1. The minimum atomic E-state index is -0.159. The number of H-pyrrole nitrogens is 1. The summed E-state index contributed by atoms with van der Waals surface area (Å²) in [5.74, 6) is 0. The van der Waals surface area contributed by atoms with E-state index in [-0.39, 0.29) is 12.2 Å². The van der Waals surface area contributed by atoms with Gasteiger partial charge in [0.25, 0.3) is 5.56 Å². The number of hydrogen-bond donors (Lipinski definition) is 2. The van der Waals surface area contributed by atoms with Gasteiger partial charge >= 0.3 is 0 Å². The zero-order chi connectivity index (χ0) is 25.4. The van der Waals surface area contributed by atoms with Crippen LogP contribution < -0.4 is 5.56 Å². The molecule has 0 spiro atoms. The molecule has 1 fully saturated rings. The predicted octanol–water partition coefficient (Wildman–Crippen LogP) is 5.99. The van der Waals surface area contributed by atoms with Crippen LogP contribution in [0.3, 0.4) is 0 Å². The summed E-state index contributed by atoms with van der Waals surface area (Å²) in [5, 5.41) is 13.9. The molecule has 1 aliphatic heterocycles. The third kappa shape index (κ3) is 4.67. The van der Waals surface area contributed by atoms with E-state index in [1.807, 2.05) is 36.4 Å². The fraction of sp³-hybridized carbons (Fsp3) is 0.194. The van der Waals surface area contributed by atoms with E-state index in [0.29, 0.717) is 10.4 Å². The van der Waals surface area contributed by atoms with Gasteiger partial charge in [-0.3, -0.25) is 9.69 Å². The van der Waals surface area contributed by atoms with E-state index < -0.39 is 0 Å². The number of nitrogens with zero attached hydrogens (tertiary/aromatic N) is 1. The maximum atomic E-state index is 13.2. The molecule has 0 bridgehead atoms. The number of aromatic nitrogens is 1. The van der Waals surface area contributed by atoms with Crippen molar-refractivity contribution < 1.29 is 9.84 Å². The predicted molar refractivity (Wildman–Crippen MR) is 150 cm³/mol. The van der Waals surface area contributed by atoms with Gasteiger partial charge in [-0.2, -0.15) is 0 Å². The van der Waals surface area contributed by atoms with E-state index in [1.165, 1.54) is 5.56 Å². The molecule has 6 rings (SSSR count). The van der Waals surface area contributed by atoms with Crippen molar-refractivity contribution in [2.24, 2.45) is 0 Å². The maximum Gasteiger partial charge on any atom is 0.256 e. The SMILES string of the molecule is O=c1[nH]cc(-c2cccc(Cl)c2)c2cc(CO)c3ccc(-c4ccc(CN5CCOCC5)cc4)cc3c12. The van der Waals surface area contributed by atoms with E-state index >= 15 is 0 Å². The molecule has 0 amide bonds. The summed E-state index contributed by atoms with van der Waals surface area (Å²) in [7, 11) is 0. The van der Waals surface area contributed by atoms with Gasteiger partial charge < -0.3 is 14.8 Å². The number of ether oxygens (including phenoxy) is 1. The molecule has 5 nitrogen and oxygen atoms in total. The third-order valence-electron chi connectivity index (χ3n) is 7.19. The number of fused-ring (bicyclic) bond motifs is 3. The lowest BCUT2D eigenvalue weighted by Gasteiger charge is -2.26. The summed E-state index contributed by atoms with van der Waals surface area (Å²) in [6.07, 6.45) is 1.72.